The van der Waals surface area contributed by atoms with E-state index in [1.54, 1.807) is 13.0 Å². The molecule has 0 saturated heterocycles. The number of hydrogen-bond acceptors (Lipinski definition) is 4. The minimum absolute atomic E-state index is 0.178. The van der Waals surface area contributed by atoms with E-state index in [1.807, 2.05) is 0 Å². The van der Waals surface area contributed by atoms with Gasteiger partial charge in [0.15, 0.2) is 0 Å². The first-order valence-corrected chi connectivity index (χ1v) is 5.34. The van der Waals surface area contributed by atoms with Crippen molar-refractivity contribution >= 4 is 11.4 Å². The Kier molecular flexibility index (Phi) is 4.32. The van der Waals surface area contributed by atoms with E-state index in [1.165, 1.54) is 0 Å². The van der Waals surface area contributed by atoms with Crippen LogP contribution in [0.5, 0.6) is 0 Å². The standard InChI is InChI=1S/C11H10F3N3O2/c1-2-3-16-10-7(6-15)4-8(11(12,13)14)5-9(10)17(18)19/h4-5,16H,2-3H2,1H3. The first kappa shape index (κ1) is 14.8. The number of nitro groups is 1. The zero-order valence-electron chi connectivity index (χ0n) is 9.91. The molecule has 0 bridgehead atoms. The molecule has 1 N–H and O–H groups in total. The number of rotatable bonds is 4. The molecule has 0 spiro atoms. The third-order valence-corrected chi connectivity index (χ3v) is 2.31. The van der Waals surface area contributed by atoms with Crippen molar-refractivity contribution in [3.05, 3.63) is 33.4 Å². The summed E-state index contributed by atoms with van der Waals surface area (Å²) in [4.78, 5) is 9.88. The van der Waals surface area contributed by atoms with Crippen LogP contribution in [0.3, 0.4) is 0 Å². The smallest absolute Gasteiger partial charge is 0.378 e. The molecule has 8 heteroatoms. The van der Waals surface area contributed by atoms with E-state index in [0.29, 0.717) is 25.1 Å². The van der Waals surface area contributed by atoms with Crippen molar-refractivity contribution < 1.29 is 18.1 Å². The summed E-state index contributed by atoms with van der Waals surface area (Å²) in [5.41, 5.74) is -2.53. The quantitative estimate of drug-likeness (QED) is 0.674. The van der Waals surface area contributed by atoms with E-state index in [9.17, 15) is 23.3 Å². The monoisotopic (exact) mass is 273 g/mol. The second-order valence-electron chi connectivity index (χ2n) is 3.71. The van der Waals surface area contributed by atoms with E-state index in [4.69, 9.17) is 5.26 Å². The lowest BCUT2D eigenvalue weighted by molar-refractivity contribution is -0.384. The van der Waals surface area contributed by atoms with Gasteiger partial charge in [0.05, 0.1) is 16.1 Å². The molecule has 0 radical (unpaired) electrons. The summed E-state index contributed by atoms with van der Waals surface area (Å²) < 4.78 is 37.7. The second-order valence-corrected chi connectivity index (χ2v) is 3.71. The van der Waals surface area contributed by atoms with E-state index in [2.05, 4.69) is 5.32 Å². The molecular weight excluding hydrogens is 263 g/mol. The third kappa shape index (κ3) is 3.34. The molecule has 19 heavy (non-hydrogen) atoms. The van der Waals surface area contributed by atoms with Crippen molar-refractivity contribution in [1.82, 2.24) is 0 Å². The number of hydrogen-bond donors (Lipinski definition) is 1. The predicted molar refractivity (Wildman–Crippen MR) is 61.6 cm³/mol. The Morgan fingerprint density at radius 2 is 2.11 bits per heavy atom. The summed E-state index contributed by atoms with van der Waals surface area (Å²) in [6.45, 7) is 2.11. The van der Waals surface area contributed by atoms with Crippen LogP contribution in [0.4, 0.5) is 24.5 Å². The van der Waals surface area contributed by atoms with Crippen molar-refractivity contribution in [2.45, 2.75) is 19.5 Å². The van der Waals surface area contributed by atoms with Gasteiger partial charge in [0, 0.05) is 12.6 Å². The summed E-state index contributed by atoms with van der Waals surface area (Å²) in [6, 6.07) is 2.58. The van der Waals surface area contributed by atoms with Crippen LogP contribution in [-0.4, -0.2) is 11.5 Å². The van der Waals surface area contributed by atoms with Crippen LogP contribution < -0.4 is 5.32 Å². The Morgan fingerprint density at radius 3 is 2.53 bits per heavy atom. The Labute approximate surface area is 106 Å². The fraction of sp³-hybridized carbons (Fsp3) is 0.364. The fourth-order valence-electron chi connectivity index (χ4n) is 1.46. The van der Waals surface area contributed by atoms with E-state index in [0.717, 1.165) is 0 Å². The lowest BCUT2D eigenvalue weighted by Gasteiger charge is -2.11. The van der Waals surface area contributed by atoms with Crippen LogP contribution in [0.15, 0.2) is 12.1 Å². The van der Waals surface area contributed by atoms with Gasteiger partial charge < -0.3 is 5.32 Å². The number of nitrogens with one attached hydrogen (secondary N) is 1. The lowest BCUT2D eigenvalue weighted by atomic mass is 10.1. The minimum Gasteiger partial charge on any atom is -0.378 e. The molecule has 0 atom stereocenters. The largest absolute Gasteiger partial charge is 0.416 e. The van der Waals surface area contributed by atoms with E-state index >= 15 is 0 Å². The van der Waals surface area contributed by atoms with Gasteiger partial charge in [0.1, 0.15) is 11.8 Å². The number of nitrogens with zero attached hydrogens (tertiary/aromatic N) is 2. The Morgan fingerprint density at radius 1 is 1.47 bits per heavy atom. The first-order chi connectivity index (χ1) is 8.81. The van der Waals surface area contributed by atoms with E-state index in [-0.39, 0.29) is 5.69 Å². The van der Waals surface area contributed by atoms with Crippen molar-refractivity contribution in [3.8, 4) is 6.07 Å². The number of benzene rings is 1. The van der Waals surface area contributed by atoms with Gasteiger partial charge in [-0.15, -0.1) is 0 Å². The van der Waals surface area contributed by atoms with E-state index < -0.39 is 27.9 Å². The third-order valence-electron chi connectivity index (χ3n) is 2.31. The predicted octanol–water partition coefficient (Wildman–Crippen LogP) is 3.31. The second kappa shape index (κ2) is 5.56. The van der Waals surface area contributed by atoms with Gasteiger partial charge in [0.25, 0.3) is 5.69 Å². The molecule has 102 valence electrons. The lowest BCUT2D eigenvalue weighted by Crippen LogP contribution is -2.10. The molecule has 0 fully saturated rings. The van der Waals surface area contributed by atoms with Gasteiger partial charge in [0.2, 0.25) is 0 Å². The summed E-state index contributed by atoms with van der Waals surface area (Å²) in [7, 11) is 0. The van der Waals surface area contributed by atoms with Crippen molar-refractivity contribution in [3.63, 3.8) is 0 Å². The van der Waals surface area contributed by atoms with Gasteiger partial charge in [-0.2, -0.15) is 18.4 Å². The van der Waals surface area contributed by atoms with Crippen LogP contribution in [0.25, 0.3) is 0 Å². The van der Waals surface area contributed by atoms with Gasteiger partial charge in [-0.1, -0.05) is 6.92 Å². The number of alkyl halides is 3. The van der Waals surface area contributed by atoms with Crippen molar-refractivity contribution in [2.24, 2.45) is 0 Å². The molecule has 5 nitrogen and oxygen atoms in total. The number of halogens is 3. The Bertz CT molecular complexity index is 535. The zero-order chi connectivity index (χ0) is 14.6. The topological polar surface area (TPSA) is 79.0 Å². The van der Waals surface area contributed by atoms with Crippen LogP contribution in [0.2, 0.25) is 0 Å². The molecule has 0 unspecified atom stereocenters. The molecule has 0 saturated carbocycles. The highest BCUT2D eigenvalue weighted by Crippen LogP contribution is 2.37. The van der Waals surface area contributed by atoms with Gasteiger partial charge in [-0.05, 0) is 12.5 Å². The first-order valence-electron chi connectivity index (χ1n) is 5.34. The highest BCUT2D eigenvalue weighted by atomic mass is 19.4. The van der Waals surface area contributed by atoms with Gasteiger partial charge in [-0.25, -0.2) is 0 Å². The number of nitriles is 1. The van der Waals surface area contributed by atoms with Gasteiger partial charge >= 0.3 is 6.18 Å². The van der Waals surface area contributed by atoms with Crippen LogP contribution >= 0.6 is 0 Å². The molecule has 0 amide bonds. The fourth-order valence-corrected chi connectivity index (χ4v) is 1.46. The maximum atomic E-state index is 12.6. The Hall–Kier alpha value is -2.30. The molecule has 0 aliphatic heterocycles. The normalized spacial score (nSPS) is 10.9. The number of nitro benzene ring substituents is 1. The zero-order valence-corrected chi connectivity index (χ0v) is 9.91. The SMILES string of the molecule is CCCNc1c(C#N)cc(C(F)(F)F)cc1[N+](=O)[O-]. The highest BCUT2D eigenvalue weighted by Gasteiger charge is 2.34. The maximum absolute atomic E-state index is 12.6. The molecule has 0 heterocycles. The van der Waals surface area contributed by atoms with Crippen LogP contribution in [0, 0.1) is 21.4 Å². The molecular formula is C11H10F3N3O2. The van der Waals surface area contributed by atoms with Crippen LogP contribution in [-0.2, 0) is 6.18 Å². The molecule has 0 aliphatic carbocycles. The van der Waals surface area contributed by atoms with Crippen molar-refractivity contribution in [2.75, 3.05) is 11.9 Å². The number of anilines is 1. The molecule has 0 aliphatic rings. The summed E-state index contributed by atoms with van der Waals surface area (Å²) in [6.07, 6.45) is -4.12. The van der Waals surface area contributed by atoms with Crippen LogP contribution in [0.1, 0.15) is 24.5 Å². The molecule has 0 aromatic heterocycles. The molecule has 1 rings (SSSR count). The highest BCUT2D eigenvalue weighted by molar-refractivity contribution is 5.71. The maximum Gasteiger partial charge on any atom is 0.416 e. The average Bonchev–Trinajstić information content (AvgIpc) is 2.33. The summed E-state index contributed by atoms with van der Waals surface area (Å²) in [5.74, 6) is 0. The summed E-state index contributed by atoms with van der Waals surface area (Å²) in [5, 5.41) is 22.3. The molecule has 1 aromatic carbocycles. The van der Waals surface area contributed by atoms with Gasteiger partial charge in [-0.3, -0.25) is 10.1 Å². The molecule has 1 aromatic rings. The minimum atomic E-state index is -4.74. The van der Waals surface area contributed by atoms with Crippen molar-refractivity contribution in [1.29, 1.82) is 5.26 Å². The average molecular weight is 273 g/mol. The summed E-state index contributed by atoms with van der Waals surface area (Å²) >= 11 is 0. The Balaban J connectivity index is 3.46.